The Morgan fingerprint density at radius 3 is 3.10 bits per heavy atom. The number of hydrogen-bond acceptors (Lipinski definition) is 3. The summed E-state index contributed by atoms with van der Waals surface area (Å²) in [5, 5.41) is 6.51. The zero-order valence-corrected chi connectivity index (χ0v) is 12.7. The highest BCUT2D eigenvalue weighted by Gasteiger charge is 2.22. The van der Waals surface area contributed by atoms with E-state index in [1.165, 1.54) is 11.1 Å². The highest BCUT2D eigenvalue weighted by molar-refractivity contribution is 5.76. The minimum absolute atomic E-state index is 0.196. The molecule has 1 saturated carbocycles. The fourth-order valence-corrected chi connectivity index (χ4v) is 2.69. The van der Waals surface area contributed by atoms with Gasteiger partial charge in [0.05, 0.1) is 6.61 Å². The molecule has 1 atom stereocenters. The first-order valence-corrected chi connectivity index (χ1v) is 8.01. The average molecular weight is 288 g/mol. The first kappa shape index (κ1) is 14.4. The summed E-state index contributed by atoms with van der Waals surface area (Å²) in [6, 6.07) is 7.21. The quantitative estimate of drug-likeness (QED) is 0.757. The topological polar surface area (TPSA) is 50.4 Å². The van der Waals surface area contributed by atoms with Crippen LogP contribution in [0.15, 0.2) is 18.2 Å². The molecule has 0 aromatic heterocycles. The monoisotopic (exact) mass is 288 g/mol. The lowest BCUT2D eigenvalue weighted by atomic mass is 10.0. The Kier molecular flexibility index (Phi) is 4.44. The maximum Gasteiger partial charge on any atom is 0.220 e. The van der Waals surface area contributed by atoms with Gasteiger partial charge in [0.2, 0.25) is 5.91 Å². The van der Waals surface area contributed by atoms with Crippen LogP contribution in [0, 0.1) is 0 Å². The normalized spacial score (nSPS) is 18.0. The van der Waals surface area contributed by atoms with Crippen LogP contribution < -0.4 is 15.4 Å². The lowest BCUT2D eigenvalue weighted by Crippen LogP contribution is -2.27. The minimum Gasteiger partial charge on any atom is -0.493 e. The third-order valence-electron chi connectivity index (χ3n) is 4.19. The predicted molar refractivity (Wildman–Crippen MR) is 82.5 cm³/mol. The number of fused-ring (bicyclic) bond motifs is 1. The van der Waals surface area contributed by atoms with E-state index in [4.69, 9.17) is 4.74 Å². The van der Waals surface area contributed by atoms with Crippen molar-refractivity contribution in [2.45, 2.75) is 51.1 Å². The molecule has 0 radical (unpaired) electrons. The van der Waals surface area contributed by atoms with Crippen LogP contribution in [0.5, 0.6) is 5.75 Å². The molecule has 0 spiro atoms. The molecular formula is C17H24N2O2. The molecule has 2 aliphatic rings. The molecule has 1 fully saturated rings. The number of ether oxygens (including phenoxy) is 1. The fourth-order valence-electron chi connectivity index (χ4n) is 2.69. The lowest BCUT2D eigenvalue weighted by molar-refractivity contribution is -0.121. The third-order valence-corrected chi connectivity index (χ3v) is 4.19. The Balaban J connectivity index is 1.39. The molecule has 1 aliphatic carbocycles. The van der Waals surface area contributed by atoms with Gasteiger partial charge in [-0.05, 0) is 49.9 Å². The smallest absolute Gasteiger partial charge is 0.220 e. The van der Waals surface area contributed by atoms with Gasteiger partial charge in [-0.1, -0.05) is 12.1 Å². The zero-order valence-electron chi connectivity index (χ0n) is 12.7. The summed E-state index contributed by atoms with van der Waals surface area (Å²) < 4.78 is 5.53. The van der Waals surface area contributed by atoms with Crippen molar-refractivity contribution < 1.29 is 9.53 Å². The molecule has 0 bridgehead atoms. The highest BCUT2D eigenvalue weighted by Crippen LogP contribution is 2.28. The number of nitrogens with one attached hydrogen (secondary N) is 2. The second kappa shape index (κ2) is 6.48. The molecule has 1 amide bonds. The molecule has 4 heteroatoms. The largest absolute Gasteiger partial charge is 0.493 e. The number of rotatable bonds is 7. The molecule has 1 aliphatic heterocycles. The van der Waals surface area contributed by atoms with Gasteiger partial charge < -0.3 is 15.4 Å². The van der Waals surface area contributed by atoms with Gasteiger partial charge in [0, 0.05) is 24.9 Å². The Morgan fingerprint density at radius 1 is 1.43 bits per heavy atom. The molecular weight excluding hydrogens is 264 g/mol. The Morgan fingerprint density at radius 2 is 2.29 bits per heavy atom. The summed E-state index contributed by atoms with van der Waals surface area (Å²) >= 11 is 0. The van der Waals surface area contributed by atoms with E-state index in [2.05, 4.69) is 35.8 Å². The van der Waals surface area contributed by atoms with Crippen LogP contribution in [-0.4, -0.2) is 25.1 Å². The van der Waals surface area contributed by atoms with Gasteiger partial charge in [-0.3, -0.25) is 4.79 Å². The fraction of sp³-hybridized carbons (Fsp3) is 0.588. The Bertz CT molecular complexity index is 512. The first-order valence-electron chi connectivity index (χ1n) is 8.01. The molecule has 4 nitrogen and oxygen atoms in total. The SMILES string of the molecule is CC(NCCCC(=O)NC1CC1)c1ccc2c(c1)CCO2. The van der Waals surface area contributed by atoms with Crippen molar-refractivity contribution in [3.8, 4) is 5.75 Å². The standard InChI is InChI=1S/C17H24N2O2/c1-12(13-4-7-16-14(11-13)8-10-21-16)18-9-2-3-17(20)19-15-5-6-15/h4,7,11-12,15,18H,2-3,5-6,8-10H2,1H3,(H,19,20). The average Bonchev–Trinajstić information content (AvgIpc) is 3.16. The molecule has 2 N–H and O–H groups in total. The van der Waals surface area contributed by atoms with E-state index in [9.17, 15) is 4.79 Å². The maximum absolute atomic E-state index is 11.6. The van der Waals surface area contributed by atoms with E-state index in [0.717, 1.165) is 44.6 Å². The summed E-state index contributed by atoms with van der Waals surface area (Å²) in [5.74, 6) is 1.23. The van der Waals surface area contributed by atoms with Crippen molar-refractivity contribution in [1.29, 1.82) is 0 Å². The van der Waals surface area contributed by atoms with Crippen LogP contribution >= 0.6 is 0 Å². The third kappa shape index (κ3) is 3.97. The molecule has 1 aromatic carbocycles. The van der Waals surface area contributed by atoms with Gasteiger partial charge in [0.15, 0.2) is 0 Å². The van der Waals surface area contributed by atoms with E-state index in [0.29, 0.717) is 18.5 Å². The number of benzene rings is 1. The van der Waals surface area contributed by atoms with Crippen LogP contribution in [-0.2, 0) is 11.2 Å². The van der Waals surface area contributed by atoms with Crippen molar-refractivity contribution in [2.24, 2.45) is 0 Å². The van der Waals surface area contributed by atoms with E-state index in [1.54, 1.807) is 0 Å². The molecule has 114 valence electrons. The minimum atomic E-state index is 0.196. The van der Waals surface area contributed by atoms with Crippen LogP contribution in [0.1, 0.15) is 49.8 Å². The molecule has 3 rings (SSSR count). The van der Waals surface area contributed by atoms with Crippen molar-refractivity contribution in [3.63, 3.8) is 0 Å². The van der Waals surface area contributed by atoms with Gasteiger partial charge in [-0.2, -0.15) is 0 Å². The number of carbonyl (C=O) groups excluding carboxylic acids is 1. The summed E-state index contributed by atoms with van der Waals surface area (Å²) in [4.78, 5) is 11.6. The highest BCUT2D eigenvalue weighted by atomic mass is 16.5. The molecule has 1 heterocycles. The van der Waals surface area contributed by atoms with Gasteiger partial charge in [0.1, 0.15) is 5.75 Å². The summed E-state index contributed by atoms with van der Waals surface area (Å²) in [5.41, 5.74) is 2.60. The van der Waals surface area contributed by atoms with E-state index >= 15 is 0 Å². The lowest BCUT2D eigenvalue weighted by Gasteiger charge is -2.15. The number of carbonyl (C=O) groups is 1. The van der Waals surface area contributed by atoms with Crippen LogP contribution in [0.4, 0.5) is 0 Å². The van der Waals surface area contributed by atoms with E-state index < -0.39 is 0 Å². The number of hydrogen-bond donors (Lipinski definition) is 2. The summed E-state index contributed by atoms with van der Waals surface area (Å²) in [6.45, 7) is 3.84. The van der Waals surface area contributed by atoms with Gasteiger partial charge in [0.25, 0.3) is 0 Å². The van der Waals surface area contributed by atoms with Crippen LogP contribution in [0.25, 0.3) is 0 Å². The van der Waals surface area contributed by atoms with Gasteiger partial charge in [-0.25, -0.2) is 0 Å². The first-order chi connectivity index (χ1) is 10.2. The zero-order chi connectivity index (χ0) is 14.7. The molecule has 0 saturated heterocycles. The Hall–Kier alpha value is -1.55. The van der Waals surface area contributed by atoms with E-state index in [-0.39, 0.29) is 5.91 Å². The summed E-state index contributed by atoms with van der Waals surface area (Å²) in [6.07, 6.45) is 4.83. The maximum atomic E-state index is 11.6. The summed E-state index contributed by atoms with van der Waals surface area (Å²) in [7, 11) is 0. The van der Waals surface area contributed by atoms with Gasteiger partial charge in [-0.15, -0.1) is 0 Å². The molecule has 1 aromatic rings. The van der Waals surface area contributed by atoms with Crippen LogP contribution in [0.3, 0.4) is 0 Å². The van der Waals surface area contributed by atoms with Crippen molar-refractivity contribution >= 4 is 5.91 Å². The van der Waals surface area contributed by atoms with Crippen LogP contribution in [0.2, 0.25) is 0 Å². The molecule has 1 unspecified atom stereocenters. The van der Waals surface area contributed by atoms with Crippen molar-refractivity contribution in [3.05, 3.63) is 29.3 Å². The van der Waals surface area contributed by atoms with E-state index in [1.807, 2.05) is 0 Å². The number of amides is 1. The van der Waals surface area contributed by atoms with Crippen molar-refractivity contribution in [2.75, 3.05) is 13.2 Å². The second-order valence-corrected chi connectivity index (χ2v) is 6.09. The Labute approximate surface area is 126 Å². The van der Waals surface area contributed by atoms with Crippen molar-refractivity contribution in [1.82, 2.24) is 10.6 Å². The van der Waals surface area contributed by atoms with Gasteiger partial charge >= 0.3 is 0 Å². The molecule has 21 heavy (non-hydrogen) atoms. The predicted octanol–water partition coefficient (Wildman–Crippen LogP) is 2.33. The second-order valence-electron chi connectivity index (χ2n) is 6.09.